The van der Waals surface area contributed by atoms with E-state index in [2.05, 4.69) is 109 Å². The van der Waals surface area contributed by atoms with Gasteiger partial charge in [0.2, 0.25) is 0 Å². The number of rotatable bonds is 13. The number of carbonyl (C=O) groups is 1. The van der Waals surface area contributed by atoms with E-state index in [0.29, 0.717) is 24.9 Å². The number of unbranched alkanes of at least 4 members (excludes halogenated alkanes) is 1. The van der Waals surface area contributed by atoms with Gasteiger partial charge in [-0.3, -0.25) is 4.79 Å². The Morgan fingerprint density at radius 2 is 0.725 bits per heavy atom. The van der Waals surface area contributed by atoms with Crippen molar-refractivity contribution >= 4 is 5.97 Å². The monoisotopic (exact) mass is 692 g/mol. The van der Waals surface area contributed by atoms with E-state index in [4.69, 9.17) is 39.5 Å². The molecule has 0 aliphatic rings. The molecule has 5 rings (SSSR count). The van der Waals surface area contributed by atoms with E-state index in [1.54, 1.807) is 0 Å². The second-order valence-corrected chi connectivity index (χ2v) is 11.5. The van der Waals surface area contributed by atoms with Crippen LogP contribution >= 0.6 is 0 Å². The van der Waals surface area contributed by atoms with Gasteiger partial charge in [-0.15, -0.1) is 0 Å². The van der Waals surface area contributed by atoms with Crippen molar-refractivity contribution in [3.05, 3.63) is 179 Å². The van der Waals surface area contributed by atoms with Gasteiger partial charge in [0.05, 0.1) is 6.42 Å². The molecule has 0 amide bonds. The molecule has 5 aromatic carbocycles. The highest BCUT2D eigenvalue weighted by molar-refractivity contribution is 5.66. The molecule has 0 saturated heterocycles. The first kappa shape index (κ1) is 44.4. The van der Waals surface area contributed by atoms with Gasteiger partial charge in [-0.2, -0.15) is 0 Å². The molecular formula is C43H60N6O2. The minimum absolute atomic E-state index is 0.0694. The zero-order valence-electron chi connectivity index (χ0n) is 30.0. The predicted octanol–water partition coefficient (Wildman–Crippen LogP) is 5.85. The third-order valence-corrected chi connectivity index (χ3v) is 7.57. The van der Waals surface area contributed by atoms with Crippen LogP contribution in [0.5, 0.6) is 0 Å². The van der Waals surface area contributed by atoms with Crippen LogP contribution in [-0.4, -0.2) is 50.3 Å². The lowest BCUT2D eigenvalue weighted by Crippen LogP contribution is -2.13. The lowest BCUT2D eigenvalue weighted by atomic mass is 9.92. The van der Waals surface area contributed by atoms with Crippen molar-refractivity contribution in [3.8, 4) is 0 Å². The summed E-state index contributed by atoms with van der Waals surface area (Å²) < 4.78 is 0. The summed E-state index contributed by atoms with van der Waals surface area (Å²) in [5.41, 5.74) is 38.7. The van der Waals surface area contributed by atoms with Gasteiger partial charge < -0.3 is 39.5 Å². The fraction of sp³-hybridized carbons (Fsp3) is 0.279. The second-order valence-electron chi connectivity index (χ2n) is 11.5. The molecule has 13 N–H and O–H groups in total. The predicted molar refractivity (Wildman–Crippen MR) is 215 cm³/mol. The van der Waals surface area contributed by atoms with Gasteiger partial charge in [0.1, 0.15) is 0 Å². The highest BCUT2D eigenvalue weighted by Crippen LogP contribution is 2.23. The quantitative estimate of drug-likeness (QED) is 0.0747. The van der Waals surface area contributed by atoms with Gasteiger partial charge in [0.25, 0.3) is 0 Å². The molecule has 0 aliphatic carbocycles. The second kappa shape index (κ2) is 30.2. The zero-order valence-corrected chi connectivity index (χ0v) is 30.0. The Balaban J connectivity index is 0.000000338. The fourth-order valence-corrected chi connectivity index (χ4v) is 4.89. The molecule has 274 valence electrons. The number of hydrogen-bond donors (Lipinski definition) is 7. The third kappa shape index (κ3) is 20.6. The minimum atomic E-state index is -0.836. The lowest BCUT2D eigenvalue weighted by molar-refractivity contribution is -0.136. The molecule has 8 heteroatoms. The van der Waals surface area contributed by atoms with Gasteiger partial charge in [-0.1, -0.05) is 152 Å². The summed E-state index contributed by atoms with van der Waals surface area (Å²) in [4.78, 5) is 9.52. The first-order valence-electron chi connectivity index (χ1n) is 17.6. The SMILES string of the molecule is NCC(c1ccccc1)c1ccccc1.NCC(c1ccccc1)c1ccccc1.NCCC(=O)O.NCCCCN.NCCc1ccccc1. The fourth-order valence-electron chi connectivity index (χ4n) is 4.89. The Bertz CT molecular complexity index is 1310. The smallest absolute Gasteiger partial charge is 0.304 e. The van der Waals surface area contributed by atoms with E-state index in [1.807, 2.05) is 42.5 Å². The van der Waals surface area contributed by atoms with E-state index in [0.717, 1.165) is 38.9 Å². The number of nitrogens with two attached hydrogens (primary N) is 6. The van der Waals surface area contributed by atoms with Crippen LogP contribution in [0.2, 0.25) is 0 Å². The molecule has 0 aromatic heterocycles. The molecule has 0 fully saturated rings. The molecule has 8 nitrogen and oxygen atoms in total. The molecule has 0 saturated carbocycles. The Kier molecular flexibility index (Phi) is 26.2. The molecular weight excluding hydrogens is 633 g/mol. The summed E-state index contributed by atoms with van der Waals surface area (Å²) in [5, 5.41) is 7.83. The number of benzene rings is 5. The van der Waals surface area contributed by atoms with Crippen LogP contribution in [0.4, 0.5) is 0 Å². The van der Waals surface area contributed by atoms with E-state index < -0.39 is 5.97 Å². The van der Waals surface area contributed by atoms with Gasteiger partial charge in [-0.25, -0.2) is 0 Å². The molecule has 51 heavy (non-hydrogen) atoms. The molecule has 0 atom stereocenters. The summed E-state index contributed by atoms with van der Waals surface area (Å²) in [6.45, 7) is 3.82. The maximum absolute atomic E-state index is 9.52. The Morgan fingerprint density at radius 3 is 0.922 bits per heavy atom. The summed E-state index contributed by atoms with van der Waals surface area (Å²) in [7, 11) is 0. The number of carboxylic acid groups (broad SMARTS) is 1. The largest absolute Gasteiger partial charge is 0.481 e. The maximum Gasteiger partial charge on any atom is 0.304 e. The Morgan fingerprint density at radius 1 is 0.431 bits per heavy atom. The van der Waals surface area contributed by atoms with Crippen molar-refractivity contribution in [2.45, 2.75) is 37.5 Å². The number of aliphatic carboxylic acids is 1. The first-order valence-corrected chi connectivity index (χ1v) is 17.6. The van der Waals surface area contributed by atoms with Gasteiger partial charge in [-0.05, 0) is 66.7 Å². The van der Waals surface area contributed by atoms with Gasteiger partial charge >= 0.3 is 5.97 Å². The van der Waals surface area contributed by atoms with E-state index in [9.17, 15) is 4.79 Å². The van der Waals surface area contributed by atoms with Crippen LogP contribution in [0.25, 0.3) is 0 Å². The lowest BCUT2D eigenvalue weighted by Gasteiger charge is -2.15. The summed E-state index contributed by atoms with van der Waals surface area (Å²) in [5.74, 6) is -0.211. The highest BCUT2D eigenvalue weighted by Gasteiger charge is 2.11. The average molecular weight is 693 g/mol. The Hall–Kier alpha value is -4.67. The first-order chi connectivity index (χ1) is 24.9. The standard InChI is InChI=1S/2C14H15N.C8H11N.C4H12N2.C3H7NO2/c2*15-11-14(12-7-3-1-4-8-12)13-9-5-2-6-10-13;9-7-6-8-4-2-1-3-5-8;5-3-1-2-4-6;4-2-1-3(5)6/h2*1-10,14H,11,15H2;1-5H,6-7,9H2;1-6H2;1-2,4H2,(H,5,6). The van der Waals surface area contributed by atoms with Crippen LogP contribution in [0.3, 0.4) is 0 Å². The topological polar surface area (TPSA) is 193 Å². The van der Waals surface area contributed by atoms with Crippen LogP contribution in [0.15, 0.2) is 152 Å². The van der Waals surface area contributed by atoms with Crippen molar-refractivity contribution < 1.29 is 9.90 Å². The van der Waals surface area contributed by atoms with E-state index in [1.165, 1.54) is 27.8 Å². The van der Waals surface area contributed by atoms with E-state index >= 15 is 0 Å². The van der Waals surface area contributed by atoms with Gasteiger partial charge in [0, 0.05) is 31.5 Å². The third-order valence-electron chi connectivity index (χ3n) is 7.57. The van der Waals surface area contributed by atoms with Gasteiger partial charge in [0.15, 0.2) is 0 Å². The molecule has 0 heterocycles. The molecule has 0 unspecified atom stereocenters. The molecule has 0 radical (unpaired) electrons. The normalized spacial score (nSPS) is 9.88. The van der Waals surface area contributed by atoms with Crippen LogP contribution in [-0.2, 0) is 11.2 Å². The average Bonchev–Trinajstić information content (AvgIpc) is 3.18. The van der Waals surface area contributed by atoms with Crippen molar-refractivity contribution in [1.82, 2.24) is 0 Å². The van der Waals surface area contributed by atoms with Crippen molar-refractivity contribution in [2.75, 3.05) is 39.3 Å². The van der Waals surface area contributed by atoms with Crippen molar-refractivity contribution in [2.24, 2.45) is 34.4 Å². The van der Waals surface area contributed by atoms with Crippen LogP contribution in [0.1, 0.15) is 58.9 Å². The Labute approximate surface area is 305 Å². The van der Waals surface area contributed by atoms with Crippen LogP contribution < -0.4 is 34.4 Å². The molecule has 0 aliphatic heterocycles. The highest BCUT2D eigenvalue weighted by atomic mass is 16.4. The molecule has 0 bridgehead atoms. The summed E-state index contributed by atoms with van der Waals surface area (Å²) >= 11 is 0. The van der Waals surface area contributed by atoms with Crippen molar-refractivity contribution in [1.29, 1.82) is 0 Å². The molecule has 0 spiro atoms. The maximum atomic E-state index is 9.52. The summed E-state index contributed by atoms with van der Waals surface area (Å²) in [6.07, 6.45) is 3.19. The van der Waals surface area contributed by atoms with Crippen LogP contribution in [0, 0.1) is 0 Å². The number of hydrogen-bond acceptors (Lipinski definition) is 7. The molecule has 5 aromatic rings. The van der Waals surface area contributed by atoms with Crippen molar-refractivity contribution in [3.63, 3.8) is 0 Å². The minimum Gasteiger partial charge on any atom is -0.481 e. The summed E-state index contributed by atoms with van der Waals surface area (Å²) in [6, 6.07) is 51.9. The zero-order chi connectivity index (χ0) is 37.4. The number of carboxylic acids is 1. The van der Waals surface area contributed by atoms with E-state index in [-0.39, 0.29) is 13.0 Å².